The molecule has 102 valence electrons. The van der Waals surface area contributed by atoms with E-state index in [1.165, 1.54) is 0 Å². The quantitative estimate of drug-likeness (QED) is 0.660. The van der Waals surface area contributed by atoms with Crippen molar-refractivity contribution in [3.05, 3.63) is 51.2 Å². The van der Waals surface area contributed by atoms with Gasteiger partial charge in [-0.05, 0) is 56.1 Å². The zero-order valence-corrected chi connectivity index (χ0v) is 13.4. The topological polar surface area (TPSA) is 61.3 Å². The van der Waals surface area contributed by atoms with Crippen LogP contribution in [0.25, 0.3) is 11.1 Å². The first-order chi connectivity index (χ1) is 9.63. The maximum absolute atomic E-state index is 5.73. The molecule has 2 aromatic carbocycles. The Morgan fingerprint density at radius 3 is 2.65 bits per heavy atom. The fourth-order valence-electron chi connectivity index (χ4n) is 1.80. The minimum Gasteiger partial charge on any atom is -0.481 e. The molecule has 0 saturated heterocycles. The van der Waals surface area contributed by atoms with Gasteiger partial charge >= 0.3 is 0 Å². The van der Waals surface area contributed by atoms with Crippen LogP contribution >= 0.6 is 31.9 Å². The highest BCUT2D eigenvalue weighted by Crippen LogP contribution is 2.33. The number of hydrogen-bond donors (Lipinski definition) is 1. The van der Waals surface area contributed by atoms with Gasteiger partial charge in [-0.15, -0.1) is 0 Å². The van der Waals surface area contributed by atoms with Crippen molar-refractivity contribution in [2.75, 3.05) is 5.73 Å². The van der Waals surface area contributed by atoms with Crippen LogP contribution in [-0.4, -0.2) is 4.98 Å². The molecule has 0 aliphatic rings. The first kappa shape index (κ1) is 13.5. The number of hydrogen-bond acceptors (Lipinski definition) is 4. The van der Waals surface area contributed by atoms with E-state index >= 15 is 0 Å². The molecule has 0 fully saturated rings. The molecule has 1 aromatic heterocycles. The molecule has 0 spiro atoms. The fraction of sp³-hybridized carbons (Fsp3) is 0.0714. The van der Waals surface area contributed by atoms with Crippen LogP contribution in [0, 0.1) is 0 Å². The Labute approximate surface area is 132 Å². The number of anilines is 1. The smallest absolute Gasteiger partial charge is 0.233 e. The summed E-state index contributed by atoms with van der Waals surface area (Å²) in [5.41, 5.74) is 7.78. The van der Waals surface area contributed by atoms with E-state index in [4.69, 9.17) is 14.9 Å². The number of aromatic nitrogens is 1. The molecular weight excluding hydrogens is 388 g/mol. The Hall–Kier alpha value is -1.53. The Kier molecular flexibility index (Phi) is 3.67. The van der Waals surface area contributed by atoms with Gasteiger partial charge in [0.25, 0.3) is 0 Å². The molecule has 2 N–H and O–H groups in total. The van der Waals surface area contributed by atoms with Gasteiger partial charge in [0.1, 0.15) is 11.3 Å². The molecule has 0 unspecified atom stereocenters. The van der Waals surface area contributed by atoms with Gasteiger partial charge < -0.3 is 14.9 Å². The van der Waals surface area contributed by atoms with Crippen LogP contribution in [0.5, 0.6) is 5.75 Å². The summed E-state index contributed by atoms with van der Waals surface area (Å²) < 4.78 is 13.1. The zero-order chi connectivity index (χ0) is 14.1. The molecule has 0 amide bonds. The largest absolute Gasteiger partial charge is 0.481 e. The van der Waals surface area contributed by atoms with Crippen molar-refractivity contribution in [3.63, 3.8) is 0 Å². The van der Waals surface area contributed by atoms with Gasteiger partial charge in [-0.3, -0.25) is 0 Å². The summed E-state index contributed by atoms with van der Waals surface area (Å²) in [7, 11) is 0. The molecule has 6 heteroatoms. The van der Waals surface area contributed by atoms with Crippen LogP contribution < -0.4 is 10.5 Å². The normalized spacial score (nSPS) is 10.9. The van der Waals surface area contributed by atoms with E-state index in [-0.39, 0.29) is 6.61 Å². The molecule has 4 nitrogen and oxygen atoms in total. The Bertz CT molecular complexity index is 751. The molecule has 0 aliphatic carbocycles. The standard InChI is InChI=1S/C14H10Br2N2O2/c15-9-2-1-3-10(16)14(9)19-7-13-18-11-5-4-8(17)6-12(11)20-13/h1-6H,7,17H2. The molecule has 0 radical (unpaired) electrons. The van der Waals surface area contributed by atoms with Crippen molar-refractivity contribution in [3.8, 4) is 5.75 Å². The number of benzene rings is 2. The van der Waals surface area contributed by atoms with Gasteiger partial charge in [-0.25, -0.2) is 4.98 Å². The van der Waals surface area contributed by atoms with Crippen molar-refractivity contribution in [2.45, 2.75) is 6.61 Å². The Morgan fingerprint density at radius 2 is 1.90 bits per heavy atom. The summed E-state index contributed by atoms with van der Waals surface area (Å²) in [4.78, 5) is 4.35. The van der Waals surface area contributed by atoms with Crippen LogP contribution in [0.1, 0.15) is 5.89 Å². The third-order valence-electron chi connectivity index (χ3n) is 2.72. The van der Waals surface area contributed by atoms with Crippen molar-refractivity contribution in [1.82, 2.24) is 4.98 Å². The number of nitrogens with zero attached hydrogens (tertiary/aromatic N) is 1. The van der Waals surface area contributed by atoms with Crippen molar-refractivity contribution < 1.29 is 9.15 Å². The van der Waals surface area contributed by atoms with Crippen LogP contribution in [0.2, 0.25) is 0 Å². The predicted octanol–water partition coefficient (Wildman–Crippen LogP) is 4.51. The number of para-hydroxylation sites is 1. The van der Waals surface area contributed by atoms with Crippen LogP contribution in [-0.2, 0) is 6.61 Å². The number of fused-ring (bicyclic) bond motifs is 1. The summed E-state index contributed by atoms with van der Waals surface area (Å²) in [6.45, 7) is 0.246. The van der Waals surface area contributed by atoms with E-state index in [1.807, 2.05) is 24.3 Å². The molecule has 20 heavy (non-hydrogen) atoms. The van der Waals surface area contributed by atoms with Gasteiger partial charge in [0.2, 0.25) is 5.89 Å². The maximum Gasteiger partial charge on any atom is 0.233 e. The second kappa shape index (κ2) is 5.46. The van der Waals surface area contributed by atoms with Crippen molar-refractivity contribution in [1.29, 1.82) is 0 Å². The summed E-state index contributed by atoms with van der Waals surface area (Å²) in [5, 5.41) is 0. The summed E-state index contributed by atoms with van der Waals surface area (Å²) in [6, 6.07) is 11.1. The van der Waals surface area contributed by atoms with E-state index in [0.717, 1.165) is 14.5 Å². The number of nitrogen functional groups attached to an aromatic ring is 1. The predicted molar refractivity (Wildman–Crippen MR) is 84.6 cm³/mol. The molecule has 0 aliphatic heterocycles. The average molecular weight is 398 g/mol. The minimum atomic E-state index is 0.246. The average Bonchev–Trinajstić information content (AvgIpc) is 2.80. The SMILES string of the molecule is Nc1ccc2nc(COc3c(Br)cccc3Br)oc2c1. The summed E-state index contributed by atoms with van der Waals surface area (Å²) >= 11 is 6.88. The molecule has 3 aromatic rings. The van der Waals surface area contributed by atoms with Gasteiger partial charge in [0, 0.05) is 11.8 Å². The Morgan fingerprint density at radius 1 is 1.15 bits per heavy atom. The number of nitrogens with two attached hydrogens (primary N) is 1. The van der Waals surface area contributed by atoms with E-state index in [2.05, 4.69) is 36.8 Å². The van der Waals surface area contributed by atoms with E-state index in [9.17, 15) is 0 Å². The van der Waals surface area contributed by atoms with Crippen molar-refractivity contribution in [2.24, 2.45) is 0 Å². The molecule has 1 heterocycles. The molecular formula is C14H10Br2N2O2. The number of rotatable bonds is 3. The van der Waals surface area contributed by atoms with Gasteiger partial charge in [0.05, 0.1) is 8.95 Å². The third-order valence-corrected chi connectivity index (χ3v) is 3.96. The number of ether oxygens (including phenoxy) is 1. The lowest BCUT2D eigenvalue weighted by Gasteiger charge is -2.07. The minimum absolute atomic E-state index is 0.246. The van der Waals surface area contributed by atoms with Gasteiger partial charge in [0.15, 0.2) is 12.2 Å². The van der Waals surface area contributed by atoms with Gasteiger partial charge in [-0.2, -0.15) is 0 Å². The highest BCUT2D eigenvalue weighted by molar-refractivity contribution is 9.11. The second-order valence-electron chi connectivity index (χ2n) is 4.17. The molecule has 0 bridgehead atoms. The third kappa shape index (κ3) is 2.66. The Balaban J connectivity index is 1.83. The van der Waals surface area contributed by atoms with Crippen LogP contribution in [0.3, 0.4) is 0 Å². The first-order valence-corrected chi connectivity index (χ1v) is 7.44. The lowest BCUT2D eigenvalue weighted by Crippen LogP contribution is -1.96. The fourth-order valence-corrected chi connectivity index (χ4v) is 3.03. The summed E-state index contributed by atoms with van der Waals surface area (Å²) in [6.07, 6.45) is 0. The monoisotopic (exact) mass is 396 g/mol. The second-order valence-corrected chi connectivity index (χ2v) is 5.88. The molecule has 3 rings (SSSR count). The van der Waals surface area contributed by atoms with Crippen LogP contribution in [0.15, 0.2) is 49.8 Å². The van der Waals surface area contributed by atoms with E-state index in [0.29, 0.717) is 22.9 Å². The maximum atomic E-state index is 5.73. The van der Waals surface area contributed by atoms with E-state index in [1.54, 1.807) is 12.1 Å². The van der Waals surface area contributed by atoms with E-state index < -0.39 is 0 Å². The first-order valence-electron chi connectivity index (χ1n) is 5.85. The lowest BCUT2D eigenvalue weighted by molar-refractivity contribution is 0.264. The summed E-state index contributed by atoms with van der Waals surface area (Å²) in [5.74, 6) is 1.22. The number of oxazole rings is 1. The molecule has 0 atom stereocenters. The highest BCUT2D eigenvalue weighted by atomic mass is 79.9. The van der Waals surface area contributed by atoms with Crippen LogP contribution in [0.4, 0.5) is 5.69 Å². The lowest BCUT2D eigenvalue weighted by atomic mass is 10.3. The number of halogens is 2. The zero-order valence-electron chi connectivity index (χ0n) is 10.3. The van der Waals surface area contributed by atoms with Crippen molar-refractivity contribution >= 4 is 48.6 Å². The van der Waals surface area contributed by atoms with Gasteiger partial charge in [-0.1, -0.05) is 6.07 Å². The molecule has 0 saturated carbocycles. The highest BCUT2D eigenvalue weighted by Gasteiger charge is 2.10.